The molecule has 0 unspecified atom stereocenters. The second kappa shape index (κ2) is 10.6. The van der Waals surface area contributed by atoms with E-state index < -0.39 is 0 Å². The fraction of sp³-hybridized carbons (Fsp3) is 0.269. The number of allylic oxidation sites excluding steroid dienone is 3. The van der Waals surface area contributed by atoms with Crippen molar-refractivity contribution in [2.45, 2.75) is 20.4 Å². The van der Waals surface area contributed by atoms with Crippen molar-refractivity contribution in [2.24, 2.45) is 4.99 Å². The third-order valence-corrected chi connectivity index (χ3v) is 4.82. The largest absolute Gasteiger partial charge is 0.379 e. The molecule has 2 aromatic rings. The van der Waals surface area contributed by atoms with Crippen LogP contribution in [0.15, 0.2) is 78.0 Å². The van der Waals surface area contributed by atoms with Gasteiger partial charge >= 0.3 is 0 Å². The summed E-state index contributed by atoms with van der Waals surface area (Å²) >= 11 is 0. The van der Waals surface area contributed by atoms with Gasteiger partial charge in [-0.1, -0.05) is 48.8 Å². The number of nitrogens with zero attached hydrogens (tertiary/aromatic N) is 2. The second-order valence-electron chi connectivity index (χ2n) is 7.15. The normalized spacial score (nSPS) is 15.5. The summed E-state index contributed by atoms with van der Waals surface area (Å²) in [5.74, 6) is 6.50. The first-order valence-electron chi connectivity index (χ1n) is 10.00. The van der Waals surface area contributed by atoms with E-state index in [2.05, 4.69) is 64.7 Å². The summed E-state index contributed by atoms with van der Waals surface area (Å²) in [5.41, 5.74) is 6.37. The summed E-state index contributed by atoms with van der Waals surface area (Å²) in [6, 6.07) is 16.8. The second-order valence-corrected chi connectivity index (χ2v) is 7.15. The summed E-state index contributed by atoms with van der Waals surface area (Å²) in [7, 11) is 0. The highest BCUT2D eigenvalue weighted by molar-refractivity contribution is 5.99. The number of rotatable bonds is 5. The van der Waals surface area contributed by atoms with Gasteiger partial charge in [0, 0.05) is 42.2 Å². The maximum absolute atomic E-state index is 5.40. The molecule has 148 valence electrons. The van der Waals surface area contributed by atoms with Crippen LogP contribution in [0.2, 0.25) is 0 Å². The van der Waals surface area contributed by atoms with Crippen LogP contribution in [-0.4, -0.2) is 36.9 Å². The molecule has 0 radical (unpaired) electrons. The van der Waals surface area contributed by atoms with Crippen LogP contribution in [0.4, 0.5) is 0 Å². The van der Waals surface area contributed by atoms with Crippen LogP contribution in [0.25, 0.3) is 0 Å². The number of benzene rings is 2. The Morgan fingerprint density at radius 1 is 1.00 bits per heavy atom. The number of ether oxygens (including phenoxy) is 1. The number of morpholine rings is 1. The third kappa shape index (κ3) is 6.57. The summed E-state index contributed by atoms with van der Waals surface area (Å²) in [5, 5.41) is 0. The molecular formula is C26H28N2O. The van der Waals surface area contributed by atoms with Crippen molar-refractivity contribution in [2.75, 3.05) is 26.3 Å². The van der Waals surface area contributed by atoms with Crippen LogP contribution in [-0.2, 0) is 11.3 Å². The summed E-state index contributed by atoms with van der Waals surface area (Å²) in [4.78, 5) is 6.99. The van der Waals surface area contributed by atoms with Crippen molar-refractivity contribution in [3.63, 3.8) is 0 Å². The third-order valence-electron chi connectivity index (χ3n) is 4.82. The molecule has 0 aliphatic carbocycles. The van der Waals surface area contributed by atoms with E-state index in [0.29, 0.717) is 0 Å². The zero-order valence-electron chi connectivity index (χ0n) is 17.3. The standard InChI is InChI=1S/C26H28N2O/c1-4-5-21(2)27-22(3)26-14-12-24(13-15-26)7-6-23-8-10-25(11-9-23)20-28-16-18-29-19-17-28/h4-5,8-15H,1,16-20H2,2-3H3/b21-5+,27-22?. The predicted octanol–water partition coefficient (Wildman–Crippen LogP) is 4.82. The number of hydrogen-bond acceptors (Lipinski definition) is 3. The molecule has 3 nitrogen and oxygen atoms in total. The molecule has 2 aromatic carbocycles. The van der Waals surface area contributed by atoms with E-state index >= 15 is 0 Å². The first-order chi connectivity index (χ1) is 14.1. The fourth-order valence-electron chi connectivity index (χ4n) is 3.19. The minimum Gasteiger partial charge on any atom is -0.379 e. The van der Waals surface area contributed by atoms with E-state index in [1.165, 1.54) is 5.56 Å². The van der Waals surface area contributed by atoms with Gasteiger partial charge in [-0.2, -0.15) is 0 Å². The van der Waals surface area contributed by atoms with Gasteiger partial charge in [0.05, 0.1) is 13.2 Å². The summed E-state index contributed by atoms with van der Waals surface area (Å²) in [6.07, 6.45) is 3.65. The summed E-state index contributed by atoms with van der Waals surface area (Å²) < 4.78 is 5.40. The van der Waals surface area contributed by atoms with Crippen LogP contribution in [0, 0.1) is 11.8 Å². The molecule has 3 heteroatoms. The first kappa shape index (κ1) is 20.8. The van der Waals surface area contributed by atoms with Crippen LogP contribution in [0.1, 0.15) is 36.1 Å². The maximum atomic E-state index is 5.40. The van der Waals surface area contributed by atoms with Gasteiger partial charge in [0.2, 0.25) is 0 Å². The Morgan fingerprint density at radius 2 is 1.59 bits per heavy atom. The van der Waals surface area contributed by atoms with Crippen LogP contribution in [0.3, 0.4) is 0 Å². The Labute approximate surface area is 174 Å². The highest BCUT2D eigenvalue weighted by atomic mass is 16.5. The monoisotopic (exact) mass is 384 g/mol. The van der Waals surface area contributed by atoms with Gasteiger partial charge < -0.3 is 4.74 Å². The van der Waals surface area contributed by atoms with Gasteiger partial charge in [-0.25, -0.2) is 0 Å². The van der Waals surface area contributed by atoms with Crippen molar-refractivity contribution in [3.05, 3.63) is 95.2 Å². The Hall–Kier alpha value is -2.93. The molecule has 0 bridgehead atoms. The van der Waals surface area contributed by atoms with E-state index in [4.69, 9.17) is 4.74 Å². The Kier molecular flexibility index (Phi) is 7.58. The minimum atomic E-state index is 0.832. The van der Waals surface area contributed by atoms with E-state index in [1.807, 2.05) is 32.1 Å². The van der Waals surface area contributed by atoms with Crippen molar-refractivity contribution in [3.8, 4) is 11.8 Å². The van der Waals surface area contributed by atoms with E-state index in [-0.39, 0.29) is 0 Å². The number of aliphatic imine (C=N–C) groups is 1. The topological polar surface area (TPSA) is 24.8 Å². The Balaban J connectivity index is 1.62. The Morgan fingerprint density at radius 3 is 2.17 bits per heavy atom. The van der Waals surface area contributed by atoms with Crippen LogP contribution in [0.5, 0.6) is 0 Å². The fourth-order valence-corrected chi connectivity index (χ4v) is 3.19. The number of hydrogen-bond donors (Lipinski definition) is 0. The molecule has 1 heterocycles. The minimum absolute atomic E-state index is 0.832. The maximum Gasteiger partial charge on any atom is 0.0594 e. The molecule has 0 aromatic heterocycles. The smallest absolute Gasteiger partial charge is 0.0594 e. The molecule has 1 fully saturated rings. The van der Waals surface area contributed by atoms with E-state index in [1.54, 1.807) is 6.08 Å². The Bertz CT molecular complexity index is 935. The van der Waals surface area contributed by atoms with Gasteiger partial charge in [-0.15, -0.1) is 0 Å². The molecule has 0 atom stereocenters. The molecule has 3 rings (SSSR count). The van der Waals surface area contributed by atoms with Crippen molar-refractivity contribution < 1.29 is 4.74 Å². The zero-order chi connectivity index (χ0) is 20.5. The molecule has 0 N–H and O–H groups in total. The van der Waals surface area contributed by atoms with Crippen molar-refractivity contribution >= 4 is 5.71 Å². The first-order valence-corrected chi connectivity index (χ1v) is 10.00. The quantitative estimate of drug-likeness (QED) is 0.420. The van der Waals surface area contributed by atoms with Crippen molar-refractivity contribution in [1.29, 1.82) is 0 Å². The molecule has 0 amide bonds. The SMILES string of the molecule is C=C/C=C(\C)N=C(C)c1ccc(C#Cc2ccc(CN3CCOCC3)cc2)cc1. The van der Waals surface area contributed by atoms with Crippen LogP contribution < -0.4 is 0 Å². The summed E-state index contributed by atoms with van der Waals surface area (Å²) in [6.45, 7) is 12.3. The average Bonchev–Trinajstić information content (AvgIpc) is 2.74. The highest BCUT2D eigenvalue weighted by Gasteiger charge is 2.10. The lowest BCUT2D eigenvalue weighted by atomic mass is 10.1. The predicted molar refractivity (Wildman–Crippen MR) is 121 cm³/mol. The molecule has 1 aliphatic heterocycles. The highest BCUT2D eigenvalue weighted by Crippen LogP contribution is 2.10. The lowest BCUT2D eigenvalue weighted by molar-refractivity contribution is 0.0342. The molecule has 29 heavy (non-hydrogen) atoms. The zero-order valence-corrected chi connectivity index (χ0v) is 17.3. The van der Waals surface area contributed by atoms with Gasteiger partial charge in [0.25, 0.3) is 0 Å². The lowest BCUT2D eigenvalue weighted by Gasteiger charge is -2.26. The van der Waals surface area contributed by atoms with Crippen LogP contribution >= 0.6 is 0 Å². The van der Waals surface area contributed by atoms with Gasteiger partial charge in [0.1, 0.15) is 0 Å². The van der Waals surface area contributed by atoms with Gasteiger partial charge in [0.15, 0.2) is 0 Å². The average molecular weight is 385 g/mol. The molecular weight excluding hydrogens is 356 g/mol. The van der Waals surface area contributed by atoms with Gasteiger partial charge in [-0.3, -0.25) is 9.89 Å². The van der Waals surface area contributed by atoms with Gasteiger partial charge in [-0.05, 0) is 55.3 Å². The van der Waals surface area contributed by atoms with Crippen molar-refractivity contribution in [1.82, 2.24) is 4.90 Å². The molecule has 1 saturated heterocycles. The van der Waals surface area contributed by atoms with E-state index in [0.717, 1.165) is 60.9 Å². The lowest BCUT2D eigenvalue weighted by Crippen LogP contribution is -2.35. The molecule has 0 spiro atoms. The van der Waals surface area contributed by atoms with E-state index in [9.17, 15) is 0 Å². The molecule has 0 saturated carbocycles. The molecule has 1 aliphatic rings.